The van der Waals surface area contributed by atoms with Gasteiger partial charge in [-0.2, -0.15) is 0 Å². The van der Waals surface area contributed by atoms with E-state index in [1.165, 1.54) is 16.9 Å². The second kappa shape index (κ2) is 7.58. The highest BCUT2D eigenvalue weighted by atomic mass is 35.5. The van der Waals surface area contributed by atoms with Crippen molar-refractivity contribution in [2.45, 2.75) is 19.4 Å². The van der Waals surface area contributed by atoms with Gasteiger partial charge >= 0.3 is 0 Å². The van der Waals surface area contributed by atoms with E-state index >= 15 is 0 Å². The molecule has 0 aromatic carbocycles. The molecule has 1 unspecified atom stereocenters. The van der Waals surface area contributed by atoms with Crippen molar-refractivity contribution in [2.75, 3.05) is 39.8 Å². The lowest BCUT2D eigenvalue weighted by molar-refractivity contribution is -0.133. The SMILES string of the molecule is CNCC1CCN(CC(=O)N2CCc3sccc3C2)C1.Cl. The van der Waals surface area contributed by atoms with Gasteiger partial charge in [-0.05, 0) is 55.9 Å². The molecule has 4 nitrogen and oxygen atoms in total. The van der Waals surface area contributed by atoms with Gasteiger partial charge in [0.05, 0.1) is 6.54 Å². The van der Waals surface area contributed by atoms with Crippen molar-refractivity contribution in [2.24, 2.45) is 5.92 Å². The summed E-state index contributed by atoms with van der Waals surface area (Å²) in [5, 5.41) is 5.37. The first kappa shape index (κ1) is 16.7. The molecular formula is C15H24ClN3OS. The van der Waals surface area contributed by atoms with Gasteiger partial charge in [-0.25, -0.2) is 0 Å². The predicted octanol–water partition coefficient (Wildman–Crippen LogP) is 1.60. The van der Waals surface area contributed by atoms with Gasteiger partial charge in [0, 0.05) is 24.5 Å². The zero-order valence-corrected chi connectivity index (χ0v) is 14.1. The van der Waals surface area contributed by atoms with E-state index in [9.17, 15) is 4.79 Å². The van der Waals surface area contributed by atoms with Crippen molar-refractivity contribution in [3.63, 3.8) is 0 Å². The second-order valence-corrected chi connectivity index (χ2v) is 6.88. The first-order valence-corrected chi connectivity index (χ1v) is 8.34. The van der Waals surface area contributed by atoms with E-state index in [1.807, 2.05) is 23.3 Å². The second-order valence-electron chi connectivity index (χ2n) is 5.88. The zero-order valence-electron chi connectivity index (χ0n) is 12.5. The van der Waals surface area contributed by atoms with Gasteiger partial charge in [-0.15, -0.1) is 23.7 Å². The van der Waals surface area contributed by atoms with Crippen LogP contribution >= 0.6 is 23.7 Å². The quantitative estimate of drug-likeness (QED) is 0.911. The molecule has 2 aliphatic heterocycles. The average Bonchev–Trinajstić information content (AvgIpc) is 3.07. The third-order valence-corrected chi connectivity index (χ3v) is 5.41. The summed E-state index contributed by atoms with van der Waals surface area (Å²) in [6.07, 6.45) is 2.24. The van der Waals surface area contributed by atoms with Crippen LogP contribution in [0.25, 0.3) is 0 Å². The fourth-order valence-corrected chi connectivity index (χ4v) is 4.15. The van der Waals surface area contributed by atoms with Gasteiger partial charge < -0.3 is 10.2 Å². The number of carbonyl (C=O) groups is 1. The lowest BCUT2D eigenvalue weighted by atomic mass is 10.1. The maximum absolute atomic E-state index is 12.4. The van der Waals surface area contributed by atoms with E-state index in [-0.39, 0.29) is 12.4 Å². The third-order valence-electron chi connectivity index (χ3n) is 4.38. The minimum absolute atomic E-state index is 0. The molecule has 0 bridgehead atoms. The summed E-state index contributed by atoms with van der Waals surface area (Å²) in [4.78, 5) is 18.2. The van der Waals surface area contributed by atoms with Crippen molar-refractivity contribution < 1.29 is 4.79 Å². The summed E-state index contributed by atoms with van der Waals surface area (Å²) in [5.41, 5.74) is 1.35. The van der Waals surface area contributed by atoms with Gasteiger partial charge in [0.25, 0.3) is 0 Å². The van der Waals surface area contributed by atoms with Crippen molar-refractivity contribution >= 4 is 29.7 Å². The molecule has 1 aromatic heterocycles. The Labute approximate surface area is 136 Å². The Morgan fingerprint density at radius 2 is 2.33 bits per heavy atom. The first-order valence-electron chi connectivity index (χ1n) is 7.46. The van der Waals surface area contributed by atoms with E-state index < -0.39 is 0 Å². The number of amides is 1. The number of hydrogen-bond acceptors (Lipinski definition) is 4. The summed E-state index contributed by atoms with van der Waals surface area (Å²) >= 11 is 1.82. The Kier molecular flexibility index (Phi) is 6.05. The Morgan fingerprint density at radius 3 is 3.14 bits per heavy atom. The molecule has 1 atom stereocenters. The lowest BCUT2D eigenvalue weighted by Crippen LogP contribution is -2.42. The van der Waals surface area contributed by atoms with Gasteiger partial charge in [0.15, 0.2) is 0 Å². The summed E-state index contributed by atoms with van der Waals surface area (Å²) in [5.74, 6) is 1.00. The highest BCUT2D eigenvalue weighted by Crippen LogP contribution is 2.24. The fraction of sp³-hybridized carbons (Fsp3) is 0.667. The molecular weight excluding hydrogens is 306 g/mol. The number of carbonyl (C=O) groups excluding carboxylic acids is 1. The molecule has 118 valence electrons. The standard InChI is InChI=1S/C15H23N3OS.ClH/c1-16-8-12-2-5-17(9-12)11-15(19)18-6-3-14-13(10-18)4-7-20-14;/h4,7,12,16H,2-3,5-6,8-11H2,1H3;1H. The number of hydrogen-bond donors (Lipinski definition) is 1. The Balaban J connectivity index is 0.00000161. The smallest absolute Gasteiger partial charge is 0.237 e. The molecule has 0 saturated carbocycles. The number of fused-ring (bicyclic) bond motifs is 1. The average molecular weight is 330 g/mol. The van der Waals surface area contributed by atoms with E-state index in [2.05, 4.69) is 21.7 Å². The molecule has 1 amide bonds. The van der Waals surface area contributed by atoms with Crippen LogP contribution in [0.3, 0.4) is 0 Å². The van der Waals surface area contributed by atoms with Crippen LogP contribution in [-0.4, -0.2) is 55.5 Å². The van der Waals surface area contributed by atoms with Crippen molar-refractivity contribution in [1.82, 2.24) is 15.1 Å². The molecule has 1 aromatic rings. The van der Waals surface area contributed by atoms with Gasteiger partial charge in [-0.1, -0.05) is 0 Å². The predicted molar refractivity (Wildman–Crippen MR) is 89.2 cm³/mol. The Hall–Kier alpha value is -0.620. The van der Waals surface area contributed by atoms with Crippen LogP contribution in [0.2, 0.25) is 0 Å². The maximum Gasteiger partial charge on any atom is 0.237 e. The minimum Gasteiger partial charge on any atom is -0.337 e. The highest BCUT2D eigenvalue weighted by molar-refractivity contribution is 7.10. The summed E-state index contributed by atoms with van der Waals surface area (Å²) < 4.78 is 0. The summed E-state index contributed by atoms with van der Waals surface area (Å²) in [6.45, 7) is 5.48. The number of thiophene rings is 1. The van der Waals surface area contributed by atoms with E-state index in [0.29, 0.717) is 18.4 Å². The van der Waals surface area contributed by atoms with E-state index in [0.717, 1.165) is 39.1 Å². The van der Waals surface area contributed by atoms with Crippen molar-refractivity contribution in [3.8, 4) is 0 Å². The summed E-state index contributed by atoms with van der Waals surface area (Å²) in [6, 6.07) is 2.16. The van der Waals surface area contributed by atoms with Crippen molar-refractivity contribution in [3.05, 3.63) is 21.9 Å². The number of rotatable bonds is 4. The van der Waals surface area contributed by atoms with Crippen LogP contribution in [0, 0.1) is 5.92 Å². The van der Waals surface area contributed by atoms with Crippen LogP contribution in [0.15, 0.2) is 11.4 Å². The fourth-order valence-electron chi connectivity index (χ4n) is 3.26. The van der Waals surface area contributed by atoms with Crippen LogP contribution in [-0.2, 0) is 17.8 Å². The molecule has 2 aliphatic rings. The molecule has 21 heavy (non-hydrogen) atoms. The molecule has 6 heteroatoms. The lowest BCUT2D eigenvalue weighted by Gasteiger charge is -2.28. The third kappa shape index (κ3) is 3.97. The minimum atomic E-state index is 0. The van der Waals surface area contributed by atoms with Crippen LogP contribution in [0.4, 0.5) is 0 Å². The van der Waals surface area contributed by atoms with Crippen molar-refractivity contribution in [1.29, 1.82) is 0 Å². The normalized spacial score (nSPS) is 22.0. The van der Waals surface area contributed by atoms with E-state index in [1.54, 1.807) is 0 Å². The number of halogens is 1. The van der Waals surface area contributed by atoms with Crippen LogP contribution < -0.4 is 5.32 Å². The Bertz CT molecular complexity index is 479. The molecule has 1 saturated heterocycles. The van der Waals surface area contributed by atoms with Gasteiger partial charge in [0.1, 0.15) is 0 Å². The number of nitrogens with one attached hydrogen (secondary N) is 1. The number of nitrogens with zero attached hydrogens (tertiary/aromatic N) is 2. The molecule has 0 radical (unpaired) electrons. The van der Waals surface area contributed by atoms with Gasteiger partial charge in [0.2, 0.25) is 5.91 Å². The zero-order chi connectivity index (χ0) is 13.9. The monoisotopic (exact) mass is 329 g/mol. The highest BCUT2D eigenvalue weighted by Gasteiger charge is 2.27. The van der Waals surface area contributed by atoms with Gasteiger partial charge in [-0.3, -0.25) is 9.69 Å². The molecule has 1 fully saturated rings. The molecule has 3 heterocycles. The molecule has 0 aliphatic carbocycles. The molecule has 1 N–H and O–H groups in total. The Morgan fingerprint density at radius 1 is 1.48 bits per heavy atom. The molecule has 0 spiro atoms. The van der Waals surface area contributed by atoms with E-state index in [4.69, 9.17) is 0 Å². The topological polar surface area (TPSA) is 35.6 Å². The largest absolute Gasteiger partial charge is 0.337 e. The summed E-state index contributed by atoms with van der Waals surface area (Å²) in [7, 11) is 2.00. The first-order chi connectivity index (χ1) is 9.76. The van der Waals surface area contributed by atoms with Crippen LogP contribution in [0.1, 0.15) is 16.9 Å². The molecule has 3 rings (SSSR count). The maximum atomic E-state index is 12.4. The van der Waals surface area contributed by atoms with Crippen LogP contribution in [0.5, 0.6) is 0 Å². The number of likely N-dealkylation sites (tertiary alicyclic amines) is 1.